The van der Waals surface area contributed by atoms with Gasteiger partial charge in [-0.25, -0.2) is 0 Å². The van der Waals surface area contributed by atoms with E-state index < -0.39 is 0 Å². The van der Waals surface area contributed by atoms with Crippen molar-refractivity contribution in [3.05, 3.63) is 122 Å². The van der Waals surface area contributed by atoms with Crippen LogP contribution < -0.4 is 0 Å². The molecule has 172 valence electrons. The molecular formula is C33H20Br2O. The number of ketones is 1. The van der Waals surface area contributed by atoms with Crippen molar-refractivity contribution in [1.82, 2.24) is 0 Å². The van der Waals surface area contributed by atoms with Gasteiger partial charge in [-0.05, 0) is 85.6 Å². The van der Waals surface area contributed by atoms with E-state index in [4.69, 9.17) is 0 Å². The lowest BCUT2D eigenvalue weighted by Gasteiger charge is -2.20. The van der Waals surface area contributed by atoms with Gasteiger partial charge in [0.1, 0.15) is 0 Å². The number of hydrogen-bond donors (Lipinski definition) is 0. The molecule has 0 heterocycles. The molecule has 0 bridgehead atoms. The molecule has 2 aliphatic rings. The first-order chi connectivity index (χ1) is 17.6. The molecule has 1 nitrogen and oxygen atoms in total. The number of fused-ring (bicyclic) bond motifs is 6. The maximum Gasteiger partial charge on any atom is 0.167 e. The number of Topliss-reactive ketones (excluding diaryl/α,β-unsaturated/α-hetero) is 1. The van der Waals surface area contributed by atoms with Gasteiger partial charge in [0.05, 0.1) is 0 Å². The Morgan fingerprint density at radius 1 is 0.639 bits per heavy atom. The van der Waals surface area contributed by atoms with Crippen LogP contribution in [0.1, 0.15) is 33.5 Å². The first-order valence-corrected chi connectivity index (χ1v) is 13.6. The standard InChI is InChI=1S/C33H20Br2O/c34-23-12-10-20(11-13-23)24-14-15-30(35)32-27(24)18-29-28(32)17-26(25-6-3-7-31(36)33(25)29)22-9-8-19-4-1-2-5-21(19)16-22/h1-6,8-17H,7,18H2. The fraction of sp³-hybridized carbons (Fsp3) is 0.0606. The molecule has 0 fully saturated rings. The van der Waals surface area contributed by atoms with Crippen molar-refractivity contribution in [2.24, 2.45) is 0 Å². The maximum atomic E-state index is 13.4. The van der Waals surface area contributed by atoms with Crippen molar-refractivity contribution < 1.29 is 4.79 Å². The Kier molecular flexibility index (Phi) is 5.13. The summed E-state index contributed by atoms with van der Waals surface area (Å²) in [5.74, 6) is 0.209. The SMILES string of the molecule is O=C1CC=Cc2c(-c3ccc4ccccc4c3)cc3c(c21)Cc1c(-c2ccc(Br)cc2)ccc(Br)c1-3. The van der Waals surface area contributed by atoms with Crippen LogP contribution in [0.25, 0.3) is 50.2 Å². The molecule has 0 unspecified atom stereocenters. The molecule has 7 rings (SSSR count). The summed E-state index contributed by atoms with van der Waals surface area (Å²) in [5, 5.41) is 2.42. The largest absolute Gasteiger partial charge is 0.294 e. The molecule has 0 spiro atoms. The highest BCUT2D eigenvalue weighted by Crippen LogP contribution is 2.50. The number of benzene rings is 5. The van der Waals surface area contributed by atoms with Crippen LogP contribution in [0.5, 0.6) is 0 Å². The monoisotopic (exact) mass is 590 g/mol. The second-order valence-electron chi connectivity index (χ2n) is 9.46. The molecule has 3 heteroatoms. The van der Waals surface area contributed by atoms with E-state index in [9.17, 15) is 4.79 Å². The van der Waals surface area contributed by atoms with Crippen LogP contribution in [0.3, 0.4) is 0 Å². The van der Waals surface area contributed by atoms with Crippen LogP contribution >= 0.6 is 31.9 Å². The zero-order chi connectivity index (χ0) is 24.4. The van der Waals surface area contributed by atoms with Crippen LogP contribution in [0.2, 0.25) is 0 Å². The van der Waals surface area contributed by atoms with Crippen molar-refractivity contribution in [1.29, 1.82) is 0 Å². The smallest absolute Gasteiger partial charge is 0.167 e. The van der Waals surface area contributed by atoms with E-state index in [1.165, 1.54) is 38.6 Å². The first-order valence-electron chi connectivity index (χ1n) is 12.0. The van der Waals surface area contributed by atoms with Crippen LogP contribution in [-0.4, -0.2) is 5.78 Å². The fourth-order valence-electron chi connectivity index (χ4n) is 5.79. The molecule has 0 atom stereocenters. The number of allylic oxidation sites excluding steroid dienone is 1. The van der Waals surface area contributed by atoms with Gasteiger partial charge < -0.3 is 0 Å². The number of carbonyl (C=O) groups excluding carboxylic acids is 1. The summed E-state index contributed by atoms with van der Waals surface area (Å²) in [6.45, 7) is 0. The average molecular weight is 592 g/mol. The summed E-state index contributed by atoms with van der Waals surface area (Å²) in [5.41, 5.74) is 11.4. The molecule has 0 aliphatic heterocycles. The summed E-state index contributed by atoms with van der Waals surface area (Å²) >= 11 is 7.41. The highest BCUT2D eigenvalue weighted by molar-refractivity contribution is 9.10. The highest BCUT2D eigenvalue weighted by Gasteiger charge is 2.32. The third kappa shape index (κ3) is 3.37. The quantitative estimate of drug-likeness (QED) is 0.196. The van der Waals surface area contributed by atoms with Gasteiger partial charge in [0.15, 0.2) is 5.78 Å². The summed E-state index contributed by atoms with van der Waals surface area (Å²) < 4.78 is 2.13. The molecule has 0 N–H and O–H groups in total. The van der Waals surface area contributed by atoms with Gasteiger partial charge in [0, 0.05) is 32.9 Å². The predicted molar refractivity (Wildman–Crippen MR) is 156 cm³/mol. The average Bonchev–Trinajstić information content (AvgIpc) is 3.29. The van der Waals surface area contributed by atoms with Crippen molar-refractivity contribution in [2.75, 3.05) is 0 Å². The molecule has 0 aromatic heterocycles. The van der Waals surface area contributed by atoms with Crippen molar-refractivity contribution in [2.45, 2.75) is 12.8 Å². The Hall–Kier alpha value is -3.27. The Labute approximate surface area is 226 Å². The van der Waals surface area contributed by atoms with E-state index in [0.717, 1.165) is 43.2 Å². The van der Waals surface area contributed by atoms with Crippen LogP contribution in [-0.2, 0) is 6.42 Å². The topological polar surface area (TPSA) is 17.1 Å². The lowest BCUT2D eigenvalue weighted by Crippen LogP contribution is -2.10. The second kappa shape index (κ2) is 8.40. The Morgan fingerprint density at radius 2 is 1.39 bits per heavy atom. The minimum atomic E-state index is 0.209. The molecule has 5 aromatic rings. The van der Waals surface area contributed by atoms with Crippen molar-refractivity contribution in [3.63, 3.8) is 0 Å². The Balaban J connectivity index is 1.50. The number of halogens is 2. The van der Waals surface area contributed by atoms with Gasteiger partial charge in [0.2, 0.25) is 0 Å². The first kappa shape index (κ1) is 22.0. The van der Waals surface area contributed by atoms with Gasteiger partial charge in [-0.1, -0.05) is 98.6 Å². The van der Waals surface area contributed by atoms with E-state index in [1.807, 2.05) is 6.08 Å². The van der Waals surface area contributed by atoms with E-state index in [1.54, 1.807) is 0 Å². The van der Waals surface area contributed by atoms with Crippen molar-refractivity contribution >= 4 is 54.5 Å². The normalized spacial score (nSPS) is 13.6. The van der Waals surface area contributed by atoms with E-state index in [-0.39, 0.29) is 5.78 Å². The van der Waals surface area contributed by atoms with Gasteiger partial charge >= 0.3 is 0 Å². The minimum Gasteiger partial charge on any atom is -0.294 e. The van der Waals surface area contributed by atoms with Gasteiger partial charge in [0.25, 0.3) is 0 Å². The lowest BCUT2D eigenvalue weighted by atomic mass is 9.83. The molecular weight excluding hydrogens is 572 g/mol. The molecule has 0 amide bonds. The molecule has 5 aromatic carbocycles. The summed E-state index contributed by atoms with van der Waals surface area (Å²) in [6.07, 6.45) is 5.37. The zero-order valence-corrected chi connectivity index (χ0v) is 22.5. The number of rotatable bonds is 2. The minimum absolute atomic E-state index is 0.209. The second-order valence-corrected chi connectivity index (χ2v) is 11.2. The molecule has 0 saturated heterocycles. The van der Waals surface area contributed by atoms with E-state index in [0.29, 0.717) is 6.42 Å². The third-order valence-corrected chi connectivity index (χ3v) is 8.63. The Bertz CT molecular complexity index is 1760. The number of hydrogen-bond acceptors (Lipinski definition) is 1. The predicted octanol–water partition coefficient (Wildman–Crippen LogP) is 9.87. The summed E-state index contributed by atoms with van der Waals surface area (Å²) in [4.78, 5) is 13.4. The highest BCUT2D eigenvalue weighted by atomic mass is 79.9. The van der Waals surface area contributed by atoms with E-state index >= 15 is 0 Å². The van der Waals surface area contributed by atoms with Gasteiger partial charge in [-0.15, -0.1) is 0 Å². The lowest BCUT2D eigenvalue weighted by molar-refractivity contribution is 0.0994. The maximum absolute atomic E-state index is 13.4. The zero-order valence-electron chi connectivity index (χ0n) is 19.3. The summed E-state index contributed by atoms with van der Waals surface area (Å²) in [6, 6.07) is 30.1. The molecule has 0 radical (unpaired) electrons. The molecule has 0 saturated carbocycles. The van der Waals surface area contributed by atoms with Gasteiger partial charge in [-0.2, -0.15) is 0 Å². The summed E-state index contributed by atoms with van der Waals surface area (Å²) in [7, 11) is 0. The number of carbonyl (C=O) groups is 1. The van der Waals surface area contributed by atoms with E-state index in [2.05, 4.69) is 123 Å². The molecule has 2 aliphatic carbocycles. The van der Waals surface area contributed by atoms with Crippen LogP contribution in [0, 0.1) is 0 Å². The third-order valence-electron chi connectivity index (χ3n) is 7.44. The fourth-order valence-corrected chi connectivity index (χ4v) is 6.64. The van der Waals surface area contributed by atoms with Crippen LogP contribution in [0.4, 0.5) is 0 Å². The van der Waals surface area contributed by atoms with Gasteiger partial charge in [-0.3, -0.25) is 4.79 Å². The molecule has 36 heavy (non-hydrogen) atoms. The van der Waals surface area contributed by atoms with Crippen molar-refractivity contribution in [3.8, 4) is 33.4 Å². The Morgan fingerprint density at radius 3 is 2.22 bits per heavy atom. The van der Waals surface area contributed by atoms with Crippen LogP contribution in [0.15, 0.2) is 100.0 Å².